The largest absolute Gasteiger partial charge is 0.504 e. The Labute approximate surface area is 85.4 Å². The van der Waals surface area contributed by atoms with E-state index < -0.39 is 29.3 Å². The number of carbonyl (C=O) groups is 1. The maximum atomic E-state index is 10.5. The highest BCUT2D eigenvalue weighted by Gasteiger charge is 2.13. The predicted molar refractivity (Wildman–Crippen MR) is 52.2 cm³/mol. The van der Waals surface area contributed by atoms with Crippen molar-refractivity contribution in [1.82, 2.24) is 0 Å². The van der Waals surface area contributed by atoms with Crippen LogP contribution in [-0.2, 0) is 4.79 Å². The average molecular weight is 213 g/mol. The van der Waals surface area contributed by atoms with Crippen molar-refractivity contribution < 1.29 is 25.2 Å². The van der Waals surface area contributed by atoms with E-state index in [4.69, 9.17) is 20.4 Å². The van der Waals surface area contributed by atoms with E-state index >= 15 is 0 Å². The highest BCUT2D eigenvalue weighted by Crippen LogP contribution is 2.37. The molecule has 6 heteroatoms. The van der Waals surface area contributed by atoms with Gasteiger partial charge in [-0.15, -0.1) is 0 Å². The average Bonchev–Trinajstić information content (AvgIpc) is 2.13. The number of phenols is 3. The number of aromatic hydroxyl groups is 3. The number of benzene rings is 1. The van der Waals surface area contributed by atoms with Gasteiger partial charge in [-0.25, -0.2) is 0 Å². The first kappa shape index (κ1) is 11.0. The molecule has 0 bridgehead atoms. The topological polar surface area (TPSA) is 110 Å². The van der Waals surface area contributed by atoms with Gasteiger partial charge in [0.2, 0.25) is 0 Å². The van der Waals surface area contributed by atoms with Crippen molar-refractivity contribution in [3.63, 3.8) is 0 Å². The summed E-state index contributed by atoms with van der Waals surface area (Å²) in [6.45, 7) is 1.41. The van der Waals surface area contributed by atoms with Crippen LogP contribution in [-0.4, -0.2) is 32.4 Å². The lowest BCUT2D eigenvalue weighted by atomic mass is 10.2. The molecule has 1 atom stereocenters. The lowest BCUT2D eigenvalue weighted by Gasteiger charge is -2.11. The van der Waals surface area contributed by atoms with Gasteiger partial charge in [0.1, 0.15) is 6.04 Å². The van der Waals surface area contributed by atoms with Gasteiger partial charge in [-0.1, -0.05) is 0 Å². The summed E-state index contributed by atoms with van der Waals surface area (Å²) in [5.41, 5.74) is 0.206. The first-order valence-corrected chi connectivity index (χ1v) is 4.16. The fourth-order valence-electron chi connectivity index (χ4n) is 0.999. The van der Waals surface area contributed by atoms with E-state index in [0.717, 1.165) is 12.1 Å². The molecule has 0 saturated heterocycles. The van der Waals surface area contributed by atoms with E-state index in [1.807, 2.05) is 0 Å². The monoisotopic (exact) mass is 213 g/mol. The van der Waals surface area contributed by atoms with Crippen molar-refractivity contribution in [2.45, 2.75) is 13.0 Å². The predicted octanol–water partition coefficient (Wildman–Crippen LogP) is 0.688. The number of rotatable bonds is 3. The molecular weight excluding hydrogens is 202 g/mol. The second-order valence-corrected chi connectivity index (χ2v) is 3.07. The van der Waals surface area contributed by atoms with Crippen molar-refractivity contribution >= 4 is 11.7 Å². The van der Waals surface area contributed by atoms with Gasteiger partial charge in [-0.2, -0.15) is 0 Å². The van der Waals surface area contributed by atoms with Crippen molar-refractivity contribution in [1.29, 1.82) is 0 Å². The molecule has 15 heavy (non-hydrogen) atoms. The van der Waals surface area contributed by atoms with Gasteiger partial charge in [0.15, 0.2) is 17.2 Å². The van der Waals surface area contributed by atoms with Gasteiger partial charge in [0.05, 0.1) is 0 Å². The third-order valence-corrected chi connectivity index (χ3v) is 1.82. The van der Waals surface area contributed by atoms with E-state index in [1.54, 1.807) is 0 Å². The Kier molecular flexibility index (Phi) is 2.89. The molecule has 0 saturated carbocycles. The molecule has 1 aromatic carbocycles. The number of aliphatic carboxylic acids is 1. The van der Waals surface area contributed by atoms with Crippen LogP contribution in [0.2, 0.25) is 0 Å². The summed E-state index contributed by atoms with van der Waals surface area (Å²) >= 11 is 0. The first-order chi connectivity index (χ1) is 6.91. The van der Waals surface area contributed by atoms with Crippen LogP contribution < -0.4 is 5.32 Å². The minimum absolute atomic E-state index is 0.206. The smallest absolute Gasteiger partial charge is 0.325 e. The molecule has 0 amide bonds. The van der Waals surface area contributed by atoms with Crippen LogP contribution in [0.5, 0.6) is 17.2 Å². The molecule has 0 unspecified atom stereocenters. The lowest BCUT2D eigenvalue weighted by molar-refractivity contribution is -0.137. The summed E-state index contributed by atoms with van der Waals surface area (Å²) in [5.74, 6) is -2.74. The van der Waals surface area contributed by atoms with E-state index in [9.17, 15) is 4.79 Å². The Bertz CT molecular complexity index is 367. The van der Waals surface area contributed by atoms with E-state index in [-0.39, 0.29) is 5.69 Å². The van der Waals surface area contributed by atoms with Crippen LogP contribution >= 0.6 is 0 Å². The van der Waals surface area contributed by atoms with Gasteiger partial charge in [-0.05, 0) is 6.92 Å². The summed E-state index contributed by atoms with van der Waals surface area (Å²) in [5, 5.41) is 38.4. The standard InChI is InChI=1S/C9H11NO5/c1-4(9(14)15)10-5-2-6(11)8(13)7(12)3-5/h2-4,10-13H,1H3,(H,14,15)/t4-/m0/s1. The number of carboxylic acid groups (broad SMARTS) is 1. The third-order valence-electron chi connectivity index (χ3n) is 1.82. The minimum Gasteiger partial charge on any atom is -0.504 e. The molecule has 0 aliphatic rings. The number of hydrogen-bond donors (Lipinski definition) is 5. The molecule has 1 aromatic rings. The zero-order chi connectivity index (χ0) is 11.6. The highest BCUT2D eigenvalue weighted by molar-refractivity contribution is 5.77. The Morgan fingerprint density at radius 2 is 1.73 bits per heavy atom. The summed E-state index contributed by atoms with van der Waals surface area (Å²) in [7, 11) is 0. The molecular formula is C9H11NO5. The van der Waals surface area contributed by atoms with E-state index in [0.29, 0.717) is 0 Å². The van der Waals surface area contributed by atoms with Crippen molar-refractivity contribution in [3.8, 4) is 17.2 Å². The van der Waals surface area contributed by atoms with E-state index in [2.05, 4.69) is 5.32 Å². The van der Waals surface area contributed by atoms with Crippen LogP contribution in [0.3, 0.4) is 0 Å². The first-order valence-electron chi connectivity index (χ1n) is 4.16. The van der Waals surface area contributed by atoms with Gasteiger partial charge < -0.3 is 25.7 Å². The van der Waals surface area contributed by atoms with Crippen molar-refractivity contribution in [2.24, 2.45) is 0 Å². The maximum Gasteiger partial charge on any atom is 0.325 e. The zero-order valence-corrected chi connectivity index (χ0v) is 7.93. The third kappa shape index (κ3) is 2.43. The molecule has 0 fully saturated rings. The molecule has 0 aliphatic heterocycles. The van der Waals surface area contributed by atoms with Crippen LogP contribution in [0.15, 0.2) is 12.1 Å². The molecule has 1 rings (SSSR count). The van der Waals surface area contributed by atoms with E-state index in [1.165, 1.54) is 6.92 Å². The molecule has 0 aliphatic carbocycles. The summed E-state index contributed by atoms with van der Waals surface area (Å²) in [6.07, 6.45) is 0. The Morgan fingerprint density at radius 3 is 2.13 bits per heavy atom. The zero-order valence-electron chi connectivity index (χ0n) is 7.93. The van der Waals surface area contributed by atoms with Crippen LogP contribution in [0.1, 0.15) is 6.92 Å². The molecule has 6 nitrogen and oxygen atoms in total. The van der Waals surface area contributed by atoms with Gasteiger partial charge >= 0.3 is 5.97 Å². The van der Waals surface area contributed by atoms with Gasteiger partial charge in [-0.3, -0.25) is 4.79 Å². The van der Waals surface area contributed by atoms with Crippen LogP contribution in [0, 0.1) is 0 Å². The van der Waals surface area contributed by atoms with Crippen LogP contribution in [0.25, 0.3) is 0 Å². The molecule has 5 N–H and O–H groups in total. The summed E-state index contributed by atoms with van der Waals surface area (Å²) in [6, 6.07) is 1.37. The Hall–Kier alpha value is -2.11. The van der Waals surface area contributed by atoms with Gasteiger partial charge in [0.25, 0.3) is 0 Å². The highest BCUT2D eigenvalue weighted by atomic mass is 16.4. The maximum absolute atomic E-state index is 10.5. The van der Waals surface area contributed by atoms with Crippen molar-refractivity contribution in [2.75, 3.05) is 5.32 Å². The molecule has 82 valence electrons. The minimum atomic E-state index is -1.07. The Balaban J connectivity index is 2.92. The fraction of sp³-hybridized carbons (Fsp3) is 0.222. The molecule has 0 heterocycles. The molecule has 0 spiro atoms. The second-order valence-electron chi connectivity index (χ2n) is 3.07. The number of hydrogen-bond acceptors (Lipinski definition) is 5. The summed E-state index contributed by atoms with van der Waals surface area (Å²) in [4.78, 5) is 10.5. The number of nitrogens with one attached hydrogen (secondary N) is 1. The van der Waals surface area contributed by atoms with Crippen molar-refractivity contribution in [3.05, 3.63) is 12.1 Å². The Morgan fingerprint density at radius 1 is 1.27 bits per heavy atom. The number of carboxylic acids is 1. The number of anilines is 1. The quantitative estimate of drug-likeness (QED) is 0.373. The van der Waals surface area contributed by atoms with Gasteiger partial charge in [0, 0.05) is 17.8 Å². The normalized spacial score (nSPS) is 12.1. The number of phenolic OH excluding ortho intramolecular Hbond substituents is 3. The molecule has 0 aromatic heterocycles. The summed E-state index contributed by atoms with van der Waals surface area (Å²) < 4.78 is 0. The lowest BCUT2D eigenvalue weighted by Crippen LogP contribution is -2.25. The SMILES string of the molecule is C[C@H](Nc1cc(O)c(O)c(O)c1)C(=O)O. The molecule has 0 radical (unpaired) electrons. The fourth-order valence-corrected chi connectivity index (χ4v) is 0.999. The van der Waals surface area contributed by atoms with Crippen LogP contribution in [0.4, 0.5) is 5.69 Å². The second kappa shape index (κ2) is 3.95.